The SMILES string of the molecule is CCOC(=O)OOc1ccccc1C. The summed E-state index contributed by atoms with van der Waals surface area (Å²) in [5.74, 6) is 0.501. The summed E-state index contributed by atoms with van der Waals surface area (Å²) in [7, 11) is 0. The van der Waals surface area contributed by atoms with E-state index in [0.29, 0.717) is 5.75 Å². The lowest BCUT2D eigenvalue weighted by molar-refractivity contribution is -0.167. The van der Waals surface area contributed by atoms with Crippen LogP contribution in [0.5, 0.6) is 5.75 Å². The average molecular weight is 196 g/mol. The largest absolute Gasteiger partial charge is 0.549 e. The van der Waals surface area contributed by atoms with Gasteiger partial charge in [0.25, 0.3) is 0 Å². The highest BCUT2D eigenvalue weighted by Crippen LogP contribution is 2.16. The number of carbonyl (C=O) groups is 1. The molecule has 1 rings (SSSR count). The van der Waals surface area contributed by atoms with E-state index in [1.807, 2.05) is 19.1 Å². The Balaban J connectivity index is 2.46. The zero-order valence-electron chi connectivity index (χ0n) is 8.15. The predicted molar refractivity (Wildman–Crippen MR) is 49.9 cm³/mol. The van der Waals surface area contributed by atoms with Gasteiger partial charge >= 0.3 is 6.16 Å². The van der Waals surface area contributed by atoms with Crippen molar-refractivity contribution in [2.45, 2.75) is 13.8 Å². The van der Waals surface area contributed by atoms with Gasteiger partial charge in [0.1, 0.15) is 0 Å². The highest BCUT2D eigenvalue weighted by molar-refractivity contribution is 5.59. The summed E-state index contributed by atoms with van der Waals surface area (Å²) < 4.78 is 4.52. The minimum atomic E-state index is -0.837. The summed E-state index contributed by atoms with van der Waals surface area (Å²) in [5.41, 5.74) is 0.886. The van der Waals surface area contributed by atoms with E-state index in [1.165, 1.54) is 0 Å². The molecule has 0 unspecified atom stereocenters. The fraction of sp³-hybridized carbons (Fsp3) is 0.300. The molecule has 0 radical (unpaired) electrons. The number of aryl methyl sites for hydroxylation is 1. The Bertz CT molecular complexity index is 309. The Hall–Kier alpha value is -1.71. The molecule has 0 aliphatic heterocycles. The second kappa shape index (κ2) is 5.11. The number of hydrogen-bond donors (Lipinski definition) is 0. The molecule has 76 valence electrons. The smallest absolute Gasteiger partial charge is 0.432 e. The molecule has 0 atom stereocenters. The molecule has 0 bridgehead atoms. The predicted octanol–water partition coefficient (Wildman–Crippen LogP) is 2.46. The molecular formula is C10H12O4. The van der Waals surface area contributed by atoms with Crippen LogP contribution >= 0.6 is 0 Å². The maximum Gasteiger partial charge on any atom is 0.549 e. The van der Waals surface area contributed by atoms with Gasteiger partial charge in [-0.3, -0.25) is 4.89 Å². The van der Waals surface area contributed by atoms with Crippen LogP contribution in [-0.4, -0.2) is 12.8 Å². The van der Waals surface area contributed by atoms with Gasteiger partial charge in [0.2, 0.25) is 0 Å². The lowest BCUT2D eigenvalue weighted by Crippen LogP contribution is -2.10. The number of carbonyl (C=O) groups excluding carboxylic acids is 1. The van der Waals surface area contributed by atoms with Crippen LogP contribution in [0, 0.1) is 6.92 Å². The standard InChI is InChI=1S/C10H12O4/c1-3-12-10(11)14-13-9-7-5-4-6-8(9)2/h4-7H,3H2,1-2H3. The number of para-hydroxylation sites is 1. The number of rotatable bonds is 3. The first-order chi connectivity index (χ1) is 6.74. The minimum Gasteiger partial charge on any atom is -0.432 e. The van der Waals surface area contributed by atoms with E-state index in [2.05, 4.69) is 9.62 Å². The van der Waals surface area contributed by atoms with E-state index in [4.69, 9.17) is 4.89 Å². The fourth-order valence-electron chi connectivity index (χ4n) is 0.871. The van der Waals surface area contributed by atoms with Crippen molar-refractivity contribution < 1.29 is 19.3 Å². The zero-order valence-corrected chi connectivity index (χ0v) is 8.15. The Morgan fingerprint density at radius 1 is 1.36 bits per heavy atom. The Morgan fingerprint density at radius 2 is 2.07 bits per heavy atom. The zero-order chi connectivity index (χ0) is 10.4. The van der Waals surface area contributed by atoms with Crippen molar-refractivity contribution in [2.24, 2.45) is 0 Å². The van der Waals surface area contributed by atoms with Crippen molar-refractivity contribution in [2.75, 3.05) is 6.61 Å². The molecule has 1 aromatic carbocycles. The lowest BCUT2D eigenvalue weighted by atomic mass is 10.2. The Kier molecular flexibility index (Phi) is 3.79. The van der Waals surface area contributed by atoms with Gasteiger partial charge in [-0.25, -0.2) is 4.89 Å². The summed E-state index contributed by atoms with van der Waals surface area (Å²) in [6.45, 7) is 3.80. The molecule has 0 spiro atoms. The van der Waals surface area contributed by atoms with E-state index in [9.17, 15) is 4.79 Å². The van der Waals surface area contributed by atoms with Crippen LogP contribution in [0.2, 0.25) is 0 Å². The fourth-order valence-corrected chi connectivity index (χ4v) is 0.871. The molecule has 0 aliphatic carbocycles. The molecule has 0 fully saturated rings. The van der Waals surface area contributed by atoms with Gasteiger partial charge in [-0.15, -0.1) is 0 Å². The minimum absolute atomic E-state index is 0.260. The van der Waals surface area contributed by atoms with Crippen LogP contribution in [0.3, 0.4) is 0 Å². The average Bonchev–Trinajstić information content (AvgIpc) is 2.17. The van der Waals surface area contributed by atoms with E-state index < -0.39 is 6.16 Å². The van der Waals surface area contributed by atoms with Gasteiger partial charge in [0.05, 0.1) is 6.61 Å². The molecule has 0 saturated heterocycles. The van der Waals surface area contributed by atoms with Crippen molar-refractivity contribution in [1.29, 1.82) is 0 Å². The van der Waals surface area contributed by atoms with Crippen molar-refractivity contribution in [3.8, 4) is 5.75 Å². The maximum absolute atomic E-state index is 10.8. The third-order valence-corrected chi connectivity index (χ3v) is 1.56. The van der Waals surface area contributed by atoms with Crippen molar-refractivity contribution in [1.82, 2.24) is 0 Å². The van der Waals surface area contributed by atoms with E-state index >= 15 is 0 Å². The highest BCUT2D eigenvalue weighted by Gasteiger charge is 2.05. The van der Waals surface area contributed by atoms with Gasteiger partial charge < -0.3 is 4.74 Å². The Labute approximate surface area is 82.3 Å². The van der Waals surface area contributed by atoms with Crippen molar-refractivity contribution in [3.63, 3.8) is 0 Å². The van der Waals surface area contributed by atoms with Crippen molar-refractivity contribution in [3.05, 3.63) is 29.8 Å². The summed E-state index contributed by atoms with van der Waals surface area (Å²) >= 11 is 0. The van der Waals surface area contributed by atoms with E-state index in [1.54, 1.807) is 19.1 Å². The quantitative estimate of drug-likeness (QED) is 0.423. The molecule has 14 heavy (non-hydrogen) atoms. The third kappa shape index (κ3) is 2.97. The summed E-state index contributed by atoms with van der Waals surface area (Å²) in [6, 6.07) is 7.21. The summed E-state index contributed by atoms with van der Waals surface area (Å²) in [5, 5.41) is 0. The molecule has 1 aromatic rings. The number of hydrogen-bond acceptors (Lipinski definition) is 4. The van der Waals surface area contributed by atoms with Crippen LogP contribution in [0.25, 0.3) is 0 Å². The van der Waals surface area contributed by atoms with Gasteiger partial charge in [0, 0.05) is 0 Å². The molecule has 0 aliphatic rings. The molecule has 0 saturated carbocycles. The van der Waals surface area contributed by atoms with E-state index in [0.717, 1.165) is 5.56 Å². The van der Waals surface area contributed by atoms with Crippen LogP contribution in [-0.2, 0) is 9.62 Å². The van der Waals surface area contributed by atoms with Gasteiger partial charge in [0.15, 0.2) is 5.75 Å². The molecule has 4 heteroatoms. The Morgan fingerprint density at radius 3 is 2.71 bits per heavy atom. The summed E-state index contributed by atoms with van der Waals surface area (Å²) in [6.07, 6.45) is -0.837. The van der Waals surface area contributed by atoms with Crippen LogP contribution in [0.4, 0.5) is 4.79 Å². The van der Waals surface area contributed by atoms with Crippen LogP contribution in [0.15, 0.2) is 24.3 Å². The van der Waals surface area contributed by atoms with Gasteiger partial charge in [-0.05, 0) is 25.5 Å². The van der Waals surface area contributed by atoms with E-state index in [-0.39, 0.29) is 6.61 Å². The first-order valence-electron chi connectivity index (χ1n) is 4.31. The topological polar surface area (TPSA) is 44.8 Å². The monoisotopic (exact) mass is 196 g/mol. The first-order valence-corrected chi connectivity index (χ1v) is 4.31. The van der Waals surface area contributed by atoms with Crippen molar-refractivity contribution >= 4 is 6.16 Å². The van der Waals surface area contributed by atoms with Crippen LogP contribution in [0.1, 0.15) is 12.5 Å². The van der Waals surface area contributed by atoms with Gasteiger partial charge in [-0.1, -0.05) is 18.2 Å². The molecule has 0 N–H and O–H groups in total. The second-order valence-corrected chi connectivity index (χ2v) is 2.62. The van der Waals surface area contributed by atoms with Gasteiger partial charge in [-0.2, -0.15) is 4.79 Å². The molecule has 0 heterocycles. The third-order valence-electron chi connectivity index (χ3n) is 1.56. The normalized spacial score (nSPS) is 9.29. The summed E-state index contributed by atoms with van der Waals surface area (Å²) in [4.78, 5) is 19.9. The first kappa shape index (κ1) is 10.4. The molecule has 0 amide bonds. The maximum atomic E-state index is 10.8. The highest BCUT2D eigenvalue weighted by atomic mass is 17.2. The number of ether oxygens (including phenoxy) is 1. The molecule has 4 nitrogen and oxygen atoms in total. The van der Waals surface area contributed by atoms with Crippen LogP contribution < -0.4 is 4.89 Å². The molecule has 0 aromatic heterocycles. The molecular weight excluding hydrogens is 184 g/mol. The second-order valence-electron chi connectivity index (χ2n) is 2.62. The number of benzene rings is 1. The lowest BCUT2D eigenvalue weighted by Gasteiger charge is -2.05.